The molecule has 0 bridgehead atoms. The molecule has 4 aromatic rings. The molecular weight excluding hydrogens is 578 g/mol. The Kier molecular flexibility index (Phi) is 9.07. The van der Waals surface area contributed by atoms with Crippen LogP contribution in [0.1, 0.15) is 12.0 Å². The highest BCUT2D eigenvalue weighted by molar-refractivity contribution is 5.89. The lowest BCUT2D eigenvalue weighted by atomic mass is 10.1. The van der Waals surface area contributed by atoms with Crippen molar-refractivity contribution >= 4 is 39.7 Å². The number of anilines is 1. The predicted octanol–water partition coefficient (Wildman–Crippen LogP) is -2.13. The molecule has 5 rings (SSSR count). The van der Waals surface area contributed by atoms with E-state index in [1.165, 1.54) is 30.1 Å². The van der Waals surface area contributed by atoms with Crippen molar-refractivity contribution in [3.8, 4) is 5.75 Å². The molecule has 17 heteroatoms. The molecule has 4 heterocycles. The van der Waals surface area contributed by atoms with Gasteiger partial charge in [0.1, 0.15) is 17.4 Å². The molecule has 0 saturated carbocycles. The van der Waals surface area contributed by atoms with Crippen LogP contribution in [0.15, 0.2) is 43.2 Å². The van der Waals surface area contributed by atoms with E-state index in [4.69, 9.17) is 20.9 Å². The number of aryl methyl sites for hydroxylation is 1. The number of hydrogen-bond donors (Lipinski definition) is 6. The number of aromatic amines is 2. The van der Waals surface area contributed by atoms with Gasteiger partial charge in [0.15, 0.2) is 6.61 Å². The van der Waals surface area contributed by atoms with Gasteiger partial charge in [-0.3, -0.25) is 23.9 Å². The number of ether oxygens (including phenoxy) is 2. The first-order chi connectivity index (χ1) is 21.1. The first-order valence-corrected chi connectivity index (χ1v) is 13.9. The van der Waals surface area contributed by atoms with Gasteiger partial charge in [-0.2, -0.15) is 4.98 Å². The summed E-state index contributed by atoms with van der Waals surface area (Å²) in [5, 5.41) is 6.60. The van der Waals surface area contributed by atoms with E-state index in [0.717, 1.165) is 10.1 Å². The summed E-state index contributed by atoms with van der Waals surface area (Å²) in [5.74, 6) is -1.29. The Labute approximate surface area is 248 Å². The second-order valence-electron chi connectivity index (χ2n) is 10.3. The van der Waals surface area contributed by atoms with Crippen LogP contribution < -0.4 is 43.8 Å². The summed E-state index contributed by atoms with van der Waals surface area (Å²) in [7, 11) is 1.45. The monoisotopic (exact) mass is 611 g/mol. The predicted molar refractivity (Wildman–Crippen MR) is 158 cm³/mol. The Bertz CT molecular complexity index is 1860. The number of fused-ring (bicyclic) bond motifs is 2. The second-order valence-corrected chi connectivity index (χ2v) is 10.3. The Morgan fingerprint density at radius 3 is 2.82 bits per heavy atom. The van der Waals surface area contributed by atoms with E-state index < -0.39 is 23.3 Å². The van der Waals surface area contributed by atoms with Crippen LogP contribution in [0.5, 0.6) is 5.75 Å². The van der Waals surface area contributed by atoms with Crippen LogP contribution in [0.25, 0.3) is 21.9 Å². The van der Waals surface area contributed by atoms with E-state index in [0.29, 0.717) is 42.7 Å². The minimum Gasteiger partial charge on any atom is -0.484 e. The van der Waals surface area contributed by atoms with E-state index in [9.17, 15) is 24.0 Å². The van der Waals surface area contributed by atoms with Gasteiger partial charge < -0.3 is 45.9 Å². The Morgan fingerprint density at radius 2 is 2.00 bits per heavy atom. The van der Waals surface area contributed by atoms with E-state index in [-0.39, 0.29) is 60.9 Å². The van der Waals surface area contributed by atoms with Crippen molar-refractivity contribution in [3.63, 3.8) is 0 Å². The molecule has 1 saturated heterocycles. The number of nitrogens with one attached hydrogen (secondary N) is 4. The summed E-state index contributed by atoms with van der Waals surface area (Å²) in [6.45, 7) is 1.60. The molecule has 1 aliphatic heterocycles. The number of aromatic nitrogens is 4. The first-order valence-electron chi connectivity index (χ1n) is 13.9. The minimum absolute atomic E-state index is 0.0417. The molecule has 234 valence electrons. The van der Waals surface area contributed by atoms with Gasteiger partial charge in [-0.25, -0.2) is 9.59 Å². The van der Waals surface area contributed by atoms with Crippen molar-refractivity contribution in [2.75, 3.05) is 45.2 Å². The van der Waals surface area contributed by atoms with E-state index in [1.54, 1.807) is 6.20 Å². The van der Waals surface area contributed by atoms with Gasteiger partial charge in [0.2, 0.25) is 11.9 Å². The Balaban J connectivity index is 1.04. The highest BCUT2D eigenvalue weighted by Gasteiger charge is 2.38. The summed E-state index contributed by atoms with van der Waals surface area (Å²) in [6.07, 6.45) is 1.99. The molecule has 2 atom stereocenters. The highest BCUT2D eigenvalue weighted by Crippen LogP contribution is 2.20. The molecule has 1 fully saturated rings. The minimum atomic E-state index is -0.817. The number of nitrogens with zero attached hydrogens (tertiary/aromatic N) is 3. The van der Waals surface area contributed by atoms with Crippen LogP contribution in [0.4, 0.5) is 5.95 Å². The molecule has 1 aliphatic rings. The largest absolute Gasteiger partial charge is 0.484 e. The number of carbonyl (C=O) groups excluding carboxylic acids is 2. The van der Waals surface area contributed by atoms with Crippen molar-refractivity contribution in [2.24, 2.45) is 12.8 Å². The highest BCUT2D eigenvalue weighted by atomic mass is 16.5. The van der Waals surface area contributed by atoms with Crippen LogP contribution in [0.3, 0.4) is 0 Å². The number of carbonyl (C=O) groups is 2. The van der Waals surface area contributed by atoms with Gasteiger partial charge in [0, 0.05) is 51.5 Å². The fraction of sp³-hybridized carbons (Fsp3) is 0.407. The number of H-pyrrole nitrogens is 2. The summed E-state index contributed by atoms with van der Waals surface area (Å²) in [4.78, 5) is 72.5. The normalized spacial score (nSPS) is 16.5. The molecule has 44 heavy (non-hydrogen) atoms. The Morgan fingerprint density at radius 1 is 1.20 bits per heavy atom. The topological polar surface area (TPSA) is 246 Å². The van der Waals surface area contributed by atoms with Crippen LogP contribution in [0, 0.1) is 0 Å². The van der Waals surface area contributed by atoms with E-state index in [1.807, 2.05) is 0 Å². The number of amides is 2. The third-order valence-corrected chi connectivity index (χ3v) is 7.25. The van der Waals surface area contributed by atoms with Gasteiger partial charge in [-0.05, 0) is 24.1 Å². The fourth-order valence-electron chi connectivity index (χ4n) is 5.07. The van der Waals surface area contributed by atoms with Crippen molar-refractivity contribution in [1.29, 1.82) is 0 Å². The molecule has 0 unspecified atom stereocenters. The average Bonchev–Trinajstić information content (AvgIpc) is 3.59. The van der Waals surface area contributed by atoms with Crippen LogP contribution in [-0.4, -0.2) is 87.8 Å². The van der Waals surface area contributed by atoms with E-state index in [2.05, 4.69) is 30.0 Å². The van der Waals surface area contributed by atoms with Crippen molar-refractivity contribution in [3.05, 3.63) is 61.3 Å². The molecule has 0 spiro atoms. The third kappa shape index (κ3) is 6.64. The molecule has 0 radical (unpaired) electrons. The van der Waals surface area contributed by atoms with Crippen LogP contribution in [0.2, 0.25) is 0 Å². The number of nitrogen functional groups attached to an aromatic ring is 1. The molecule has 17 nitrogen and oxygen atoms in total. The number of likely N-dealkylation sites (tertiary alicyclic amines) is 1. The lowest BCUT2D eigenvalue weighted by Gasteiger charge is -2.24. The summed E-state index contributed by atoms with van der Waals surface area (Å²) in [6, 6.07) is 3.28. The van der Waals surface area contributed by atoms with Crippen LogP contribution >= 0.6 is 0 Å². The van der Waals surface area contributed by atoms with Crippen molar-refractivity contribution < 1.29 is 23.5 Å². The average molecular weight is 612 g/mol. The van der Waals surface area contributed by atoms with Gasteiger partial charge in [0.05, 0.1) is 29.5 Å². The number of rotatable bonds is 12. The van der Waals surface area contributed by atoms with Crippen molar-refractivity contribution in [1.82, 2.24) is 35.1 Å². The van der Waals surface area contributed by atoms with Crippen LogP contribution in [-0.2, 0) is 27.9 Å². The van der Waals surface area contributed by atoms with Gasteiger partial charge in [-0.15, -0.1) is 0 Å². The second kappa shape index (κ2) is 13.1. The van der Waals surface area contributed by atoms with Gasteiger partial charge in [0.25, 0.3) is 11.5 Å². The zero-order valence-corrected chi connectivity index (χ0v) is 23.9. The zero-order valence-electron chi connectivity index (χ0n) is 23.9. The fourth-order valence-corrected chi connectivity index (χ4v) is 5.07. The zero-order chi connectivity index (χ0) is 31.4. The molecule has 3 aromatic heterocycles. The van der Waals surface area contributed by atoms with Crippen molar-refractivity contribution in [2.45, 2.75) is 25.0 Å². The number of nitrogens with two attached hydrogens (primary N) is 2. The molecular formula is C27H33N9O8. The lowest BCUT2D eigenvalue weighted by Crippen LogP contribution is -2.48. The summed E-state index contributed by atoms with van der Waals surface area (Å²) in [5.41, 5.74) is 12.0. The SMILES string of the molecule is Cn1c(=O)oc(=O)c2ccc(OCC(=O)N3C[C@@H](N)C[C@H]3C(=O)NCCOCCNCc3c[nH]c4nc(N)[nH]c(=O)c34)cc21. The quantitative estimate of drug-likeness (QED) is 0.0941. The first kappa shape index (κ1) is 30.5. The number of hydrogen-bond acceptors (Lipinski definition) is 12. The molecule has 0 aliphatic carbocycles. The maximum absolute atomic E-state index is 13.0. The summed E-state index contributed by atoms with van der Waals surface area (Å²) >= 11 is 0. The smallest absolute Gasteiger partial charge is 0.422 e. The maximum Gasteiger partial charge on any atom is 0.422 e. The molecule has 1 aromatic carbocycles. The Hall–Kier alpha value is -5.00. The standard InChI is InChI=1S/C27H33N9O8/c1-35-18-9-16(2-3-17(18)25(40)44-27(35)41)43-13-20(37)36-12-15(28)8-19(36)23(38)31-5-7-42-6-4-30-10-14-11-32-22-21(14)24(39)34-26(29)33-22/h2-3,9,11,15,19,30H,4-8,10,12-13,28H2,1H3,(H,31,38)(H4,29,32,33,34,39)/t15-,19-/m0/s1. The summed E-state index contributed by atoms with van der Waals surface area (Å²) < 4.78 is 17.0. The number of benzene rings is 1. The van der Waals surface area contributed by atoms with Gasteiger partial charge in [-0.1, -0.05) is 0 Å². The molecule has 2 amide bonds. The molecule has 8 N–H and O–H groups in total. The van der Waals surface area contributed by atoms with Gasteiger partial charge >= 0.3 is 11.4 Å². The third-order valence-electron chi connectivity index (χ3n) is 7.25. The lowest BCUT2D eigenvalue weighted by molar-refractivity contribution is -0.140. The van der Waals surface area contributed by atoms with E-state index >= 15 is 0 Å². The maximum atomic E-state index is 13.0.